The molecule has 6 heterocycles. The molecule has 0 unspecified atom stereocenters. The van der Waals surface area contributed by atoms with Crippen molar-refractivity contribution in [2.24, 2.45) is 27.1 Å². The minimum Gasteiger partial charge on any atom is -0.393 e. The fourth-order valence-electron chi connectivity index (χ4n) is 10.2. The molecule has 0 spiro atoms. The van der Waals surface area contributed by atoms with Gasteiger partial charge in [0.1, 0.15) is 24.3 Å². The van der Waals surface area contributed by atoms with Crippen LogP contribution in [-0.2, 0) is 41.8 Å². The van der Waals surface area contributed by atoms with Crippen LogP contribution in [0.15, 0.2) is 78.6 Å². The molecule has 78 heavy (non-hydrogen) atoms. The largest absolute Gasteiger partial charge is 0.393 e. The van der Waals surface area contributed by atoms with E-state index >= 15 is 0 Å². The maximum absolute atomic E-state index is 13.6. The summed E-state index contributed by atoms with van der Waals surface area (Å²) in [6, 6.07) is 15.0. The second-order valence-electron chi connectivity index (χ2n) is 19.0. The van der Waals surface area contributed by atoms with Gasteiger partial charge >= 0.3 is 20.6 Å². The van der Waals surface area contributed by atoms with Gasteiger partial charge in [0, 0.05) is 80.3 Å². The van der Waals surface area contributed by atoms with Gasteiger partial charge in [0.15, 0.2) is 0 Å². The Morgan fingerprint density at radius 2 is 1.23 bits per heavy atom. The Balaban J connectivity index is 0.000000220. The second kappa shape index (κ2) is 25.5. The number of ketones is 2. The molecule has 2 aliphatic carbocycles. The van der Waals surface area contributed by atoms with E-state index in [0.29, 0.717) is 74.8 Å². The zero-order valence-corrected chi connectivity index (χ0v) is 45.8. The maximum Gasteiger partial charge on any atom is 0.333 e. The number of rotatable bonds is 16. The monoisotopic (exact) mass is 1180 g/mol. The summed E-state index contributed by atoms with van der Waals surface area (Å²) in [6.45, 7) is 5.02. The molecule has 4 aliphatic rings. The van der Waals surface area contributed by atoms with Gasteiger partial charge < -0.3 is 26.2 Å². The molecule has 26 heteroatoms. The van der Waals surface area contributed by atoms with Gasteiger partial charge in [0.25, 0.3) is 0 Å². The number of nitrogens with one attached hydrogen (secondary N) is 3. The van der Waals surface area contributed by atoms with E-state index in [-0.39, 0.29) is 57.8 Å². The lowest BCUT2D eigenvalue weighted by atomic mass is 9.90. The fraction of sp³-hybridized carbons (Fsp3) is 0.404. The first-order valence-corrected chi connectivity index (χ1v) is 29.5. The molecule has 418 valence electrons. The van der Waals surface area contributed by atoms with Gasteiger partial charge in [-0.15, -0.1) is 22.7 Å². The Labute approximate surface area is 472 Å². The molecule has 10 rings (SSSR count). The highest BCUT2D eigenvalue weighted by atomic mass is 35.5. The number of carbonyl (C=O) groups excluding carboxylic acids is 2. The third kappa shape index (κ3) is 14.4. The van der Waals surface area contributed by atoms with Crippen LogP contribution in [0.2, 0.25) is 10.0 Å². The van der Waals surface area contributed by atoms with Crippen molar-refractivity contribution in [2.45, 2.75) is 97.6 Å². The number of aliphatic imine (C=N–C) groups is 1. The van der Waals surface area contributed by atoms with Crippen LogP contribution in [0.4, 0.5) is 11.6 Å². The molecule has 7 atom stereocenters. The number of aliphatic hydroxyl groups is 2. The van der Waals surface area contributed by atoms with Gasteiger partial charge in [-0.2, -0.15) is 16.8 Å². The summed E-state index contributed by atoms with van der Waals surface area (Å²) in [5.41, 5.74) is 7.89. The predicted octanol–water partition coefficient (Wildman–Crippen LogP) is 6.91. The number of hydrogen-bond acceptors (Lipinski definition) is 20. The first-order valence-electron chi connectivity index (χ1n) is 24.2. The fourth-order valence-corrected chi connectivity index (χ4v) is 13.2. The summed E-state index contributed by atoms with van der Waals surface area (Å²) in [7, 11) is -8.19. The van der Waals surface area contributed by atoms with Gasteiger partial charge in [0.05, 0.1) is 58.1 Å². The van der Waals surface area contributed by atoms with Crippen LogP contribution in [0.3, 0.4) is 0 Å². The highest BCUT2D eigenvalue weighted by Gasteiger charge is 2.37. The summed E-state index contributed by atoms with van der Waals surface area (Å²) >= 11 is 15.4. The van der Waals surface area contributed by atoms with E-state index in [1.807, 2.05) is 56.3 Å². The molecule has 0 radical (unpaired) electrons. The number of fused-ring (bicyclic) bond motifs is 2. The van der Waals surface area contributed by atoms with Gasteiger partial charge in [-0.3, -0.25) is 22.9 Å². The quantitative estimate of drug-likeness (QED) is 0.0484. The van der Waals surface area contributed by atoms with Crippen molar-refractivity contribution in [1.29, 1.82) is 0 Å². The molecule has 0 amide bonds. The number of anilines is 2. The average Bonchev–Trinajstić information content (AvgIpc) is 4.25. The van der Waals surface area contributed by atoms with E-state index in [1.165, 1.54) is 58.8 Å². The van der Waals surface area contributed by atoms with E-state index in [9.17, 15) is 36.6 Å². The third-order valence-corrected chi connectivity index (χ3v) is 17.3. The molecule has 6 aromatic rings. The average molecular weight is 1190 g/mol. The van der Waals surface area contributed by atoms with Crippen molar-refractivity contribution in [3.63, 3.8) is 0 Å². The summed E-state index contributed by atoms with van der Waals surface area (Å²) in [5.74, 6) is -0.591. The van der Waals surface area contributed by atoms with E-state index in [4.69, 9.17) is 38.5 Å². The smallest absolute Gasteiger partial charge is 0.333 e. The van der Waals surface area contributed by atoms with Crippen molar-refractivity contribution >= 4 is 95.4 Å². The molecule has 2 saturated carbocycles. The molecule has 9 N–H and O–H groups in total. The SMILES string of the molecule is C.C.Cc1sc(C(=O)c2cncnc2N[C@@H]2C[C@H](COS(N)(=O)=O)[C@@H](O)C2)cc1C1=NCCc2ccc(Cl)cc21.Cc1sc(C(=O)c2cncnc2N[C@@H]2C[C@H](COS(N)(=O)=O)[C@@H](O)C2)cc1[C@@H]1NCCc2ccc(Cl)cc21. The van der Waals surface area contributed by atoms with Crippen molar-refractivity contribution in [1.82, 2.24) is 25.3 Å². The van der Waals surface area contributed by atoms with Crippen LogP contribution in [0.25, 0.3) is 0 Å². The Kier molecular flexibility index (Phi) is 19.8. The Morgan fingerprint density at radius 3 is 1.79 bits per heavy atom. The standard InChI is InChI=1S/C25H28ClN5O5S2.C25H26ClN5O5S2.2CH4/c2*1-13-18(23-19-7-16(26)3-2-14(19)4-5-29-23)9-22(37-13)24(33)20-10-28-12-30-25(20)31-17-6-15(21(32)8-17)11-36-38(27,34)35;;/h2-3,7,9-10,12,15,17,21,23,29,32H,4-6,8,11H2,1H3,(H2,27,34,35)(H,28,30,31);2-3,7,9-10,12,15,17,21,32H,4-6,8,11H2,1H3,(H2,27,34,35)(H,28,30,31);2*1H4/t15-,17-,21+,23+;15-,17-,21+;;/m11../s1. The number of thiophene rings is 2. The number of hydrogen-bond donors (Lipinski definition) is 7. The molecular weight excluding hydrogens is 1120 g/mol. The molecule has 20 nitrogen and oxygen atoms in total. The van der Waals surface area contributed by atoms with Crippen molar-refractivity contribution in [2.75, 3.05) is 36.9 Å². The number of aliphatic hydroxyl groups excluding tert-OH is 2. The van der Waals surface area contributed by atoms with Crippen LogP contribution in [-0.4, -0.2) is 115 Å². The topological polar surface area (TPSA) is 313 Å². The van der Waals surface area contributed by atoms with Crippen molar-refractivity contribution in [3.05, 3.63) is 148 Å². The van der Waals surface area contributed by atoms with Crippen LogP contribution >= 0.6 is 45.9 Å². The van der Waals surface area contributed by atoms with Gasteiger partial charge in [0.2, 0.25) is 11.6 Å². The second-order valence-corrected chi connectivity index (χ2v) is 24.9. The number of aromatic nitrogens is 4. The Morgan fingerprint density at radius 1 is 0.705 bits per heavy atom. The Hall–Kier alpha value is -5.19. The van der Waals surface area contributed by atoms with Gasteiger partial charge in [-0.05, 0) is 111 Å². The molecule has 2 fully saturated rings. The van der Waals surface area contributed by atoms with E-state index < -0.39 is 44.7 Å². The van der Waals surface area contributed by atoms with E-state index in [0.717, 1.165) is 57.1 Å². The third-order valence-electron chi connectivity index (χ3n) is 13.8. The number of aryl methyl sites for hydroxylation is 2. The summed E-state index contributed by atoms with van der Waals surface area (Å²) < 4.78 is 53.8. The normalized spacial score (nSPS) is 21.6. The summed E-state index contributed by atoms with van der Waals surface area (Å²) in [4.78, 5) is 51.8. The molecule has 0 bridgehead atoms. The number of nitrogens with zero attached hydrogens (tertiary/aromatic N) is 5. The zero-order chi connectivity index (χ0) is 54.1. The molecule has 4 aromatic heterocycles. The Bertz CT molecular complexity index is 3440. The molecule has 0 saturated heterocycles. The van der Waals surface area contributed by atoms with Crippen LogP contribution in [0.5, 0.6) is 0 Å². The highest BCUT2D eigenvalue weighted by Crippen LogP contribution is 2.38. The lowest BCUT2D eigenvalue weighted by Crippen LogP contribution is -2.30. The first-order chi connectivity index (χ1) is 36.2. The lowest BCUT2D eigenvalue weighted by molar-refractivity contribution is 0.100. The number of nitrogens with two attached hydrogens (primary N) is 2. The van der Waals surface area contributed by atoms with E-state index in [1.54, 1.807) is 0 Å². The first kappa shape index (κ1) is 60.5. The molecular formula is C52H62Cl2N10O10S4. The minimum absolute atomic E-state index is 0. The predicted molar refractivity (Wildman–Crippen MR) is 304 cm³/mol. The van der Waals surface area contributed by atoms with Crippen molar-refractivity contribution < 1.29 is 45.0 Å². The summed E-state index contributed by atoms with van der Waals surface area (Å²) in [6.07, 6.45) is 7.34. The number of benzene rings is 2. The van der Waals surface area contributed by atoms with Crippen molar-refractivity contribution in [3.8, 4) is 0 Å². The van der Waals surface area contributed by atoms with Crippen LogP contribution in [0, 0.1) is 25.7 Å². The highest BCUT2D eigenvalue weighted by molar-refractivity contribution is 7.84. The number of carbonyl (C=O) groups is 2. The summed E-state index contributed by atoms with van der Waals surface area (Å²) in [5, 5.41) is 41.9. The van der Waals surface area contributed by atoms with Crippen LogP contribution < -0.4 is 26.2 Å². The van der Waals surface area contributed by atoms with Gasteiger partial charge in [-0.25, -0.2) is 30.2 Å². The maximum atomic E-state index is 13.6. The minimum atomic E-state index is -4.10. The van der Waals surface area contributed by atoms with Crippen LogP contribution in [0.1, 0.15) is 120 Å². The van der Waals surface area contributed by atoms with E-state index in [2.05, 4.69) is 50.3 Å². The number of halogens is 2. The lowest BCUT2D eigenvalue weighted by Gasteiger charge is -2.27. The molecule has 2 aliphatic heterocycles. The zero-order valence-electron chi connectivity index (χ0n) is 41.0. The van der Waals surface area contributed by atoms with Gasteiger partial charge in [-0.1, -0.05) is 50.2 Å². The molecule has 2 aromatic carbocycles.